The molecule has 1 amide bonds. The standard InChI is InChI=1S/C18H15N3OS2/c1-12-4-2-3-5-14(12)20-18-21(8-9-23-18)17(22)13-6-7-15-16(10-13)24-11-19-15/h2-7,10-11H,8-9H2,1H3. The number of amides is 1. The molecule has 0 bridgehead atoms. The summed E-state index contributed by atoms with van der Waals surface area (Å²) in [6, 6.07) is 13.6. The zero-order valence-electron chi connectivity index (χ0n) is 13.1. The molecule has 24 heavy (non-hydrogen) atoms. The number of hydrogen-bond donors (Lipinski definition) is 0. The van der Waals surface area contributed by atoms with Gasteiger partial charge in [-0.05, 0) is 36.8 Å². The van der Waals surface area contributed by atoms with E-state index in [-0.39, 0.29) is 5.91 Å². The number of nitrogens with zero attached hydrogens (tertiary/aromatic N) is 3. The van der Waals surface area contributed by atoms with E-state index in [1.165, 1.54) is 0 Å². The normalized spacial score (nSPS) is 16.2. The van der Waals surface area contributed by atoms with Gasteiger partial charge in [0.2, 0.25) is 0 Å². The predicted molar refractivity (Wildman–Crippen MR) is 101 cm³/mol. The monoisotopic (exact) mass is 353 g/mol. The molecule has 1 aromatic heterocycles. The number of aliphatic imine (C=N–C) groups is 1. The lowest BCUT2D eigenvalue weighted by molar-refractivity contribution is 0.0859. The molecule has 1 aliphatic heterocycles. The van der Waals surface area contributed by atoms with Gasteiger partial charge in [-0.25, -0.2) is 9.98 Å². The van der Waals surface area contributed by atoms with Crippen molar-refractivity contribution in [2.45, 2.75) is 6.92 Å². The first-order chi connectivity index (χ1) is 11.7. The van der Waals surface area contributed by atoms with Crippen LogP contribution in [0.5, 0.6) is 0 Å². The molecule has 4 nitrogen and oxygen atoms in total. The number of thiazole rings is 1. The van der Waals surface area contributed by atoms with E-state index in [9.17, 15) is 4.79 Å². The fraction of sp³-hybridized carbons (Fsp3) is 0.167. The molecule has 2 heterocycles. The number of carbonyl (C=O) groups excluding carboxylic acids is 1. The molecule has 0 radical (unpaired) electrons. The third-order valence-corrected chi connectivity index (χ3v) is 5.68. The average molecular weight is 353 g/mol. The Balaban J connectivity index is 1.66. The summed E-state index contributed by atoms with van der Waals surface area (Å²) in [5, 5.41) is 0.777. The molecule has 0 aliphatic carbocycles. The highest BCUT2D eigenvalue weighted by atomic mass is 32.2. The van der Waals surface area contributed by atoms with Gasteiger partial charge in [0.25, 0.3) is 5.91 Å². The van der Waals surface area contributed by atoms with Crippen LogP contribution in [-0.2, 0) is 0 Å². The quantitative estimate of drug-likeness (QED) is 0.682. The van der Waals surface area contributed by atoms with Crippen LogP contribution in [0, 0.1) is 6.92 Å². The Morgan fingerprint density at radius 2 is 2.12 bits per heavy atom. The van der Waals surface area contributed by atoms with Gasteiger partial charge in [-0.15, -0.1) is 11.3 Å². The Hall–Kier alpha value is -2.18. The van der Waals surface area contributed by atoms with E-state index in [0.29, 0.717) is 12.1 Å². The first-order valence-electron chi connectivity index (χ1n) is 7.64. The summed E-state index contributed by atoms with van der Waals surface area (Å²) in [6.07, 6.45) is 0. The number of hydrogen-bond acceptors (Lipinski definition) is 5. The van der Waals surface area contributed by atoms with Crippen molar-refractivity contribution in [3.05, 3.63) is 59.1 Å². The number of fused-ring (bicyclic) bond motifs is 1. The molecular formula is C18H15N3OS2. The van der Waals surface area contributed by atoms with Crippen LogP contribution in [0.2, 0.25) is 0 Å². The minimum absolute atomic E-state index is 0.00244. The smallest absolute Gasteiger partial charge is 0.259 e. The number of thioether (sulfide) groups is 1. The summed E-state index contributed by atoms with van der Waals surface area (Å²) < 4.78 is 1.03. The Bertz CT molecular complexity index is 948. The molecular weight excluding hydrogens is 338 g/mol. The zero-order chi connectivity index (χ0) is 16.5. The van der Waals surface area contributed by atoms with Gasteiger partial charge >= 0.3 is 0 Å². The first kappa shape index (κ1) is 15.4. The van der Waals surface area contributed by atoms with E-state index < -0.39 is 0 Å². The number of benzene rings is 2. The van der Waals surface area contributed by atoms with Crippen LogP contribution in [0.4, 0.5) is 5.69 Å². The molecule has 1 aliphatic rings. The van der Waals surface area contributed by atoms with Crippen molar-refractivity contribution in [1.29, 1.82) is 0 Å². The van der Waals surface area contributed by atoms with Crippen molar-refractivity contribution in [2.75, 3.05) is 12.3 Å². The van der Waals surface area contributed by atoms with Crippen LogP contribution in [0.15, 0.2) is 53.0 Å². The maximum atomic E-state index is 12.9. The molecule has 6 heteroatoms. The SMILES string of the molecule is Cc1ccccc1N=C1SCCN1C(=O)c1ccc2ncsc2c1. The summed E-state index contributed by atoms with van der Waals surface area (Å²) in [7, 11) is 0. The maximum absolute atomic E-state index is 12.9. The predicted octanol–water partition coefficient (Wildman–Crippen LogP) is 4.48. The van der Waals surface area contributed by atoms with Gasteiger partial charge in [0.1, 0.15) is 0 Å². The summed E-state index contributed by atoms with van der Waals surface area (Å²) in [4.78, 5) is 23.7. The highest BCUT2D eigenvalue weighted by Gasteiger charge is 2.27. The minimum Gasteiger partial charge on any atom is -0.286 e. The Labute approximate surface area is 148 Å². The molecule has 0 saturated carbocycles. The van der Waals surface area contributed by atoms with Crippen molar-refractivity contribution in [3.8, 4) is 0 Å². The van der Waals surface area contributed by atoms with Gasteiger partial charge < -0.3 is 0 Å². The van der Waals surface area contributed by atoms with E-state index in [2.05, 4.69) is 4.98 Å². The molecule has 120 valence electrons. The summed E-state index contributed by atoms with van der Waals surface area (Å²) in [5.74, 6) is 0.877. The number of para-hydroxylation sites is 1. The summed E-state index contributed by atoms with van der Waals surface area (Å²) in [6.45, 7) is 2.72. The second-order valence-corrected chi connectivity index (χ2v) is 7.47. The van der Waals surface area contributed by atoms with Crippen LogP contribution < -0.4 is 0 Å². The van der Waals surface area contributed by atoms with Crippen LogP contribution >= 0.6 is 23.1 Å². The van der Waals surface area contributed by atoms with Gasteiger partial charge in [-0.3, -0.25) is 9.69 Å². The second-order valence-electron chi connectivity index (χ2n) is 5.52. The Kier molecular flexibility index (Phi) is 4.08. The molecule has 0 spiro atoms. The average Bonchev–Trinajstić information content (AvgIpc) is 3.24. The first-order valence-corrected chi connectivity index (χ1v) is 9.51. The van der Waals surface area contributed by atoms with Crippen LogP contribution in [-0.4, -0.2) is 33.3 Å². The largest absolute Gasteiger partial charge is 0.286 e. The van der Waals surface area contributed by atoms with E-state index in [0.717, 1.165) is 32.4 Å². The third kappa shape index (κ3) is 2.83. The van der Waals surface area contributed by atoms with Crippen LogP contribution in [0.1, 0.15) is 15.9 Å². The fourth-order valence-electron chi connectivity index (χ4n) is 2.62. The summed E-state index contributed by atoms with van der Waals surface area (Å²) >= 11 is 3.18. The lowest BCUT2D eigenvalue weighted by atomic mass is 10.2. The van der Waals surface area contributed by atoms with E-state index in [1.54, 1.807) is 33.5 Å². The van der Waals surface area contributed by atoms with Gasteiger partial charge in [0, 0.05) is 17.9 Å². The van der Waals surface area contributed by atoms with Crippen molar-refractivity contribution in [2.24, 2.45) is 4.99 Å². The number of aryl methyl sites for hydroxylation is 1. The highest BCUT2D eigenvalue weighted by Crippen LogP contribution is 2.27. The van der Waals surface area contributed by atoms with Crippen molar-refractivity contribution < 1.29 is 4.79 Å². The molecule has 3 aromatic rings. The number of rotatable bonds is 2. The highest BCUT2D eigenvalue weighted by molar-refractivity contribution is 8.14. The van der Waals surface area contributed by atoms with Crippen molar-refractivity contribution >= 4 is 50.1 Å². The fourth-order valence-corrected chi connectivity index (χ4v) is 4.28. The van der Waals surface area contributed by atoms with E-state index >= 15 is 0 Å². The number of amidine groups is 1. The summed E-state index contributed by atoms with van der Waals surface area (Å²) in [5.41, 5.74) is 5.44. The third-order valence-electron chi connectivity index (χ3n) is 3.93. The van der Waals surface area contributed by atoms with E-state index in [1.807, 2.05) is 49.4 Å². The minimum atomic E-state index is 0.00244. The molecule has 0 atom stereocenters. The molecule has 1 fully saturated rings. The van der Waals surface area contributed by atoms with E-state index in [4.69, 9.17) is 4.99 Å². The van der Waals surface area contributed by atoms with Gasteiger partial charge in [-0.2, -0.15) is 0 Å². The van der Waals surface area contributed by atoms with Gasteiger partial charge in [0.05, 0.1) is 21.4 Å². The lowest BCUT2D eigenvalue weighted by Crippen LogP contribution is -2.31. The topological polar surface area (TPSA) is 45.6 Å². The maximum Gasteiger partial charge on any atom is 0.259 e. The lowest BCUT2D eigenvalue weighted by Gasteiger charge is -2.16. The zero-order valence-corrected chi connectivity index (χ0v) is 14.7. The van der Waals surface area contributed by atoms with Gasteiger partial charge in [-0.1, -0.05) is 30.0 Å². The van der Waals surface area contributed by atoms with Crippen LogP contribution in [0.25, 0.3) is 10.2 Å². The molecule has 0 unspecified atom stereocenters. The number of carbonyl (C=O) groups is 1. The van der Waals surface area contributed by atoms with Crippen molar-refractivity contribution in [1.82, 2.24) is 9.88 Å². The Morgan fingerprint density at radius 3 is 3.00 bits per heavy atom. The number of aromatic nitrogens is 1. The van der Waals surface area contributed by atoms with Crippen molar-refractivity contribution in [3.63, 3.8) is 0 Å². The molecule has 0 N–H and O–H groups in total. The molecule has 1 saturated heterocycles. The molecule has 4 rings (SSSR count). The second kappa shape index (κ2) is 6.37. The van der Waals surface area contributed by atoms with Crippen LogP contribution in [0.3, 0.4) is 0 Å². The molecule has 2 aromatic carbocycles. The van der Waals surface area contributed by atoms with Gasteiger partial charge in [0.15, 0.2) is 5.17 Å². The Morgan fingerprint density at radius 1 is 1.25 bits per heavy atom.